The topological polar surface area (TPSA) is 45.1 Å². The molecule has 3 aliphatic rings. The zero-order chi connectivity index (χ0) is 16.5. The second kappa shape index (κ2) is 7.02. The number of carbonyl (C=O) groups excluding carboxylic acids is 1. The molecule has 1 aromatic heterocycles. The maximum Gasteiger partial charge on any atom is 0.267 e. The minimum absolute atomic E-state index is 0.0955. The number of halogens is 1. The predicted octanol–water partition coefficient (Wildman–Crippen LogP) is 2.98. The van der Waals surface area contributed by atoms with E-state index in [-0.39, 0.29) is 5.91 Å². The van der Waals surface area contributed by atoms with E-state index in [1.54, 1.807) is 0 Å². The smallest absolute Gasteiger partial charge is 0.267 e. The first kappa shape index (κ1) is 16.4. The van der Waals surface area contributed by atoms with Crippen molar-refractivity contribution < 1.29 is 9.63 Å². The molecule has 0 aromatic carbocycles. The summed E-state index contributed by atoms with van der Waals surface area (Å²) in [6.45, 7) is 4.19. The van der Waals surface area contributed by atoms with Crippen molar-refractivity contribution in [1.29, 1.82) is 0 Å². The molecule has 0 saturated carbocycles. The maximum absolute atomic E-state index is 12.9. The number of oxime groups is 1. The predicted molar refractivity (Wildman–Crippen MR) is 95.8 cm³/mol. The van der Waals surface area contributed by atoms with Gasteiger partial charge in [-0.3, -0.25) is 4.79 Å². The normalized spacial score (nSPS) is 27.5. The molecule has 7 heteroatoms. The van der Waals surface area contributed by atoms with Gasteiger partial charge in [0.05, 0.1) is 9.21 Å². The molecule has 0 aliphatic carbocycles. The van der Waals surface area contributed by atoms with Gasteiger partial charge >= 0.3 is 0 Å². The summed E-state index contributed by atoms with van der Waals surface area (Å²) in [5, 5.41) is 4.13. The minimum Gasteiger partial charge on any atom is -0.382 e. The number of thiophene rings is 1. The summed E-state index contributed by atoms with van der Waals surface area (Å²) in [6.07, 6.45) is 4.83. The van der Waals surface area contributed by atoms with E-state index < -0.39 is 6.10 Å². The number of amides is 1. The van der Waals surface area contributed by atoms with Crippen LogP contribution in [0, 0.1) is 0 Å². The van der Waals surface area contributed by atoms with Gasteiger partial charge in [0.25, 0.3) is 5.91 Å². The summed E-state index contributed by atoms with van der Waals surface area (Å²) < 4.78 is 0.729. The van der Waals surface area contributed by atoms with Gasteiger partial charge in [0.15, 0.2) is 0 Å². The van der Waals surface area contributed by atoms with Gasteiger partial charge in [-0.1, -0.05) is 16.8 Å². The zero-order valence-electron chi connectivity index (χ0n) is 13.6. The molecule has 2 atom stereocenters. The zero-order valence-corrected chi connectivity index (χ0v) is 15.2. The molecule has 2 fully saturated rings. The molecular formula is C17H22ClN3O2S. The number of hydrogen-bond donors (Lipinski definition) is 0. The van der Waals surface area contributed by atoms with Gasteiger partial charge in [0.1, 0.15) is 5.71 Å². The Balaban J connectivity index is 1.37. The summed E-state index contributed by atoms with van der Waals surface area (Å²) in [6, 6.07) is 4.12. The fraction of sp³-hybridized carbons (Fsp3) is 0.647. The van der Waals surface area contributed by atoms with Crippen LogP contribution in [-0.4, -0.2) is 59.7 Å². The van der Waals surface area contributed by atoms with Gasteiger partial charge in [-0.15, -0.1) is 11.3 Å². The van der Waals surface area contributed by atoms with E-state index in [2.05, 4.69) is 10.1 Å². The van der Waals surface area contributed by atoms with Crippen LogP contribution in [0.3, 0.4) is 0 Å². The van der Waals surface area contributed by atoms with Crippen molar-refractivity contribution in [3.8, 4) is 0 Å². The highest BCUT2D eigenvalue weighted by atomic mass is 35.5. The lowest BCUT2D eigenvalue weighted by molar-refractivity contribution is -0.143. The summed E-state index contributed by atoms with van der Waals surface area (Å²) in [5.41, 5.74) is 0.834. The molecule has 130 valence electrons. The number of likely N-dealkylation sites (tertiary alicyclic amines) is 2. The number of carbonyl (C=O) groups is 1. The van der Waals surface area contributed by atoms with Crippen molar-refractivity contribution in [2.24, 2.45) is 5.16 Å². The highest BCUT2D eigenvalue weighted by molar-refractivity contribution is 7.18. The van der Waals surface area contributed by atoms with Crippen LogP contribution in [0.25, 0.3) is 0 Å². The Morgan fingerprint density at radius 3 is 2.88 bits per heavy atom. The summed E-state index contributed by atoms with van der Waals surface area (Å²) in [4.78, 5) is 23.9. The monoisotopic (exact) mass is 367 g/mol. The molecular weight excluding hydrogens is 346 g/mol. The highest BCUT2D eigenvalue weighted by Crippen LogP contribution is 2.28. The quantitative estimate of drug-likeness (QED) is 0.821. The van der Waals surface area contributed by atoms with E-state index in [1.165, 1.54) is 37.3 Å². The van der Waals surface area contributed by atoms with Crippen LogP contribution in [0.1, 0.15) is 37.0 Å². The van der Waals surface area contributed by atoms with Crippen LogP contribution in [0.15, 0.2) is 17.3 Å². The Morgan fingerprint density at radius 1 is 1.29 bits per heavy atom. The van der Waals surface area contributed by atoms with Crippen LogP contribution in [0.2, 0.25) is 4.34 Å². The molecule has 2 saturated heterocycles. The number of hydrogen-bond acceptors (Lipinski definition) is 5. The molecule has 4 heterocycles. The van der Waals surface area contributed by atoms with E-state index in [0.717, 1.165) is 40.9 Å². The molecule has 0 bridgehead atoms. The van der Waals surface area contributed by atoms with Crippen LogP contribution in [-0.2, 0) is 9.63 Å². The van der Waals surface area contributed by atoms with Gasteiger partial charge in [-0.2, -0.15) is 0 Å². The minimum atomic E-state index is -0.472. The molecule has 0 radical (unpaired) electrons. The SMILES string of the molecule is O=C(C1CC(c2ccc(Cl)s2)=NO1)N1CCCC1CN1CCCC1. The van der Waals surface area contributed by atoms with Crippen LogP contribution >= 0.6 is 22.9 Å². The van der Waals surface area contributed by atoms with E-state index in [0.29, 0.717) is 12.5 Å². The molecule has 3 aliphatic heterocycles. The average Bonchev–Trinajstić information content (AvgIpc) is 3.35. The lowest BCUT2D eigenvalue weighted by Crippen LogP contribution is -2.46. The second-order valence-electron chi connectivity index (χ2n) is 6.78. The second-order valence-corrected chi connectivity index (χ2v) is 8.49. The summed E-state index contributed by atoms with van der Waals surface area (Å²) in [5.74, 6) is 0.0955. The van der Waals surface area contributed by atoms with Crippen molar-refractivity contribution in [2.75, 3.05) is 26.2 Å². The first-order valence-corrected chi connectivity index (χ1v) is 9.91. The molecule has 4 rings (SSSR count). The van der Waals surface area contributed by atoms with E-state index in [9.17, 15) is 4.79 Å². The van der Waals surface area contributed by atoms with Crippen molar-refractivity contribution >= 4 is 34.6 Å². The maximum atomic E-state index is 12.9. The first-order chi connectivity index (χ1) is 11.7. The molecule has 1 amide bonds. The molecule has 2 unspecified atom stereocenters. The standard InChI is InChI=1S/C17H22ClN3O2S/c18-16-6-5-15(24-16)13-10-14(23-19-13)17(22)21-9-3-4-12(21)11-20-7-1-2-8-20/h5-6,12,14H,1-4,7-11H2. The average molecular weight is 368 g/mol. The van der Waals surface area contributed by atoms with Crippen LogP contribution in [0.5, 0.6) is 0 Å². The number of rotatable bonds is 4. The Bertz CT molecular complexity index is 642. The Morgan fingerprint density at radius 2 is 2.12 bits per heavy atom. The van der Waals surface area contributed by atoms with Gasteiger partial charge in [0, 0.05) is 25.6 Å². The van der Waals surface area contributed by atoms with Crippen molar-refractivity contribution in [3.05, 3.63) is 21.3 Å². The van der Waals surface area contributed by atoms with Crippen LogP contribution < -0.4 is 0 Å². The third-order valence-corrected chi connectivity index (χ3v) is 6.41. The van der Waals surface area contributed by atoms with Crippen molar-refractivity contribution in [3.63, 3.8) is 0 Å². The summed E-state index contributed by atoms with van der Waals surface area (Å²) >= 11 is 7.46. The van der Waals surface area contributed by atoms with Crippen LogP contribution in [0.4, 0.5) is 0 Å². The van der Waals surface area contributed by atoms with E-state index in [1.807, 2.05) is 17.0 Å². The largest absolute Gasteiger partial charge is 0.382 e. The third-order valence-electron chi connectivity index (χ3n) is 5.13. The van der Waals surface area contributed by atoms with Crippen molar-refractivity contribution in [2.45, 2.75) is 44.2 Å². The third kappa shape index (κ3) is 3.32. The summed E-state index contributed by atoms with van der Waals surface area (Å²) in [7, 11) is 0. The molecule has 0 spiro atoms. The highest BCUT2D eigenvalue weighted by Gasteiger charge is 2.38. The first-order valence-electron chi connectivity index (χ1n) is 8.72. The molecule has 24 heavy (non-hydrogen) atoms. The Labute approximate surface area is 151 Å². The van der Waals surface area contributed by atoms with Gasteiger partial charge in [-0.05, 0) is 50.9 Å². The van der Waals surface area contributed by atoms with E-state index in [4.69, 9.17) is 16.4 Å². The molecule has 1 aromatic rings. The van der Waals surface area contributed by atoms with Gasteiger partial charge < -0.3 is 14.6 Å². The Kier molecular flexibility index (Phi) is 4.79. The molecule has 5 nitrogen and oxygen atoms in total. The van der Waals surface area contributed by atoms with Crippen molar-refractivity contribution in [1.82, 2.24) is 9.80 Å². The van der Waals surface area contributed by atoms with E-state index >= 15 is 0 Å². The fourth-order valence-electron chi connectivity index (χ4n) is 3.89. The lowest BCUT2D eigenvalue weighted by atomic mass is 10.1. The number of nitrogens with zero attached hydrogens (tertiary/aromatic N) is 3. The van der Waals surface area contributed by atoms with Gasteiger partial charge in [0.2, 0.25) is 6.10 Å². The fourth-order valence-corrected chi connectivity index (χ4v) is 4.92. The Hall–Kier alpha value is -1.11. The lowest BCUT2D eigenvalue weighted by Gasteiger charge is -2.29. The molecule has 0 N–H and O–H groups in total. The van der Waals surface area contributed by atoms with Gasteiger partial charge in [-0.25, -0.2) is 0 Å².